The maximum Gasteiger partial charge on any atom is 0.378 e. The second-order valence-electron chi connectivity index (χ2n) is 34.2. The third-order valence-corrected chi connectivity index (χ3v) is 20.2. The van der Waals surface area contributed by atoms with Crippen molar-refractivity contribution in [3.8, 4) is 0 Å². The Bertz CT molecular complexity index is 3590. The van der Waals surface area contributed by atoms with Gasteiger partial charge in [0.25, 0.3) is 0 Å². The summed E-state index contributed by atoms with van der Waals surface area (Å²) in [5.74, 6) is -5.79. The van der Waals surface area contributed by atoms with Gasteiger partial charge in [0.2, 0.25) is 11.5 Å². The lowest BCUT2D eigenvalue weighted by atomic mass is 10.0. The number of carbonyl (C=O) groups is 4. The van der Waals surface area contributed by atoms with E-state index in [4.69, 9.17) is 82.0 Å². The highest BCUT2D eigenvalue weighted by Gasteiger charge is 2.50. The van der Waals surface area contributed by atoms with Crippen molar-refractivity contribution >= 4 is 23.9 Å². The first kappa shape index (κ1) is 113. The molecule has 0 aromatic carbocycles. The minimum atomic E-state index is -1.26. The average molecular weight is 1730 g/mol. The molecule has 10 N–H and O–H groups in total. The van der Waals surface area contributed by atoms with Crippen LogP contribution in [0.2, 0.25) is 0 Å². The fourth-order valence-corrected chi connectivity index (χ4v) is 13.0. The molecule has 0 amide bonds. The molecule has 3 saturated heterocycles. The van der Waals surface area contributed by atoms with Crippen molar-refractivity contribution in [2.24, 2.45) is 5.92 Å². The summed E-state index contributed by atoms with van der Waals surface area (Å²) in [7, 11) is 2.95. The van der Waals surface area contributed by atoms with Gasteiger partial charge >= 0.3 is 23.9 Å². The van der Waals surface area contributed by atoms with Crippen molar-refractivity contribution in [1.82, 2.24) is 0 Å². The lowest BCUT2D eigenvalue weighted by Crippen LogP contribution is -2.33. The molecule has 0 saturated carbocycles. The monoisotopic (exact) mass is 1730 g/mol. The standard InChI is InChI=1S/C30H52.C27H46O.C12H18O6.C11H16O7.C9H12O6.C7H10O5.H2O/c1-25(2)15-11-19-29(7)23-13-21-27(5)17-9-10-18-28(6)22-14-24-30(8)20-12-16-26(3)4;1-23(2)13-9-16-26(5)19-10-17-24(3)14-7-8-15-25(4)18-11-20-27(6)21-12-22-28;1-7-9(15-6-14-4)10(17-11(7)13)8-5-16-12(2,3)18-8;1-11(2)16-4-6(18-11)8-9(15-5-14-3)7(12)10(13)17-8;1-9(2)13-3-4(15-9)7-5(10)6(11)8(12)14-7;1-3-5(10)6(4(9)2-8)12-7(3)11;/h15,17-18,23-24,26H,9-14,16,19-22H2,1-8H3;13-15,19-20,28H,7-12,16-18,21-22H2,1-6H3;8,10H,5-6H2,1-4H3;6,8,12H,4-5H2,1-3H3;4,7,10-11H,3H2,1-2H3;4,6,8-10H,2H2,1H3;1H2/p+1/b27-17+,28-18+,29-23+,30-24+;24-14+,25-15+,26-19+,27-20+;;;;;/t;;8-,10+;6-,8+;4-,7+;4-,6+;/m..0000./s1. The molecule has 7 rings (SSSR count). The zero-order valence-corrected chi connectivity index (χ0v) is 78.3. The zero-order chi connectivity index (χ0) is 91.2. The van der Waals surface area contributed by atoms with Crippen molar-refractivity contribution in [2.45, 2.75) is 353 Å². The molecular formula is C96H157O26+. The summed E-state index contributed by atoms with van der Waals surface area (Å²) in [5.41, 5.74) is 15.5. The van der Waals surface area contributed by atoms with Crippen molar-refractivity contribution in [1.29, 1.82) is 0 Å². The molecule has 696 valence electrons. The first-order valence-corrected chi connectivity index (χ1v) is 43.0. The lowest BCUT2D eigenvalue weighted by Gasteiger charge is -2.22. The van der Waals surface area contributed by atoms with E-state index in [0.29, 0.717) is 24.5 Å². The largest absolute Gasteiger partial charge is 0.508 e. The molecule has 0 unspecified atom stereocenters. The Morgan fingerprint density at radius 1 is 0.410 bits per heavy atom. The Morgan fingerprint density at radius 2 is 0.721 bits per heavy atom. The minimum Gasteiger partial charge on any atom is -0.508 e. The number of aliphatic hydroxyl groups is 7. The maximum atomic E-state index is 11.6. The summed E-state index contributed by atoms with van der Waals surface area (Å²) in [4.78, 5) is 44.6. The van der Waals surface area contributed by atoms with Gasteiger partial charge in [-0.15, -0.1) is 0 Å². The molecule has 0 radical (unpaired) electrons. The SMILES string of the molecule is CC(C)=CCC/C(C)=C/CC/C(C)=C/CC/C=C(\C)CC/C=C(\C)CCCC(C)C.CC(C)=CCC/C(C)=C/CC/C(C)=C/CC/C=C(\C)CC/C=C(\C)CCCO.CC1(C)OC[C@@H]([C@H]2OC(=O)C(O)=C2O)O1.CC1=C(O)[C@@H]([C@@H](O)CO)OC1=O.COCOC1=C(C)C(=O)O[C@@H]1[C@@H]1COC(C)(C)O1.COCOC1=C(O)C(=O)O[C@@H]1[C@@H]1COC(C)(C)O1.[OH3+]. The van der Waals surface area contributed by atoms with E-state index in [-0.39, 0.29) is 61.4 Å². The molecule has 7 aliphatic rings. The van der Waals surface area contributed by atoms with Gasteiger partial charge in [0, 0.05) is 20.8 Å². The normalized spacial score (nSPS) is 22.5. The Hall–Kier alpha value is -7.44. The van der Waals surface area contributed by atoms with Crippen LogP contribution in [0.1, 0.15) is 287 Å². The number of unbranched alkanes of at least 4 members (excludes halogenated alkanes) is 2. The summed E-state index contributed by atoms with van der Waals surface area (Å²) in [6.07, 6.45) is 42.5. The van der Waals surface area contributed by atoms with Crippen LogP contribution in [-0.4, -0.2) is 187 Å². The van der Waals surface area contributed by atoms with E-state index in [2.05, 4.69) is 162 Å². The number of cyclic esters (lactones) is 4. The van der Waals surface area contributed by atoms with Gasteiger partial charge < -0.3 is 108 Å². The fraction of sp³-hybridized carbons (Fsp3) is 0.667. The number of allylic oxidation sites excluding steroid dienone is 20. The van der Waals surface area contributed by atoms with E-state index in [0.717, 1.165) is 44.4 Å². The van der Waals surface area contributed by atoms with E-state index in [1.54, 1.807) is 45.8 Å². The Balaban J connectivity index is 0.000000748. The predicted octanol–water partition coefficient (Wildman–Crippen LogP) is 19.3. The van der Waals surface area contributed by atoms with E-state index < -0.39 is 102 Å². The highest BCUT2D eigenvalue weighted by atomic mass is 16.8. The summed E-state index contributed by atoms with van der Waals surface area (Å²) in [6, 6.07) is 0. The number of methoxy groups -OCH3 is 2. The van der Waals surface area contributed by atoms with Crippen molar-refractivity contribution in [3.05, 3.63) is 162 Å². The highest BCUT2D eigenvalue weighted by molar-refractivity contribution is 5.92. The van der Waals surface area contributed by atoms with Gasteiger partial charge in [-0.2, -0.15) is 0 Å². The smallest absolute Gasteiger partial charge is 0.378 e. The minimum absolute atomic E-state index is 0. The van der Waals surface area contributed by atoms with Crippen molar-refractivity contribution < 1.29 is 127 Å². The number of aliphatic hydroxyl groups excluding tert-OH is 7. The van der Waals surface area contributed by atoms with Crippen LogP contribution in [0.15, 0.2) is 162 Å². The summed E-state index contributed by atoms with van der Waals surface area (Å²) >= 11 is 0. The molecule has 0 aromatic rings. The van der Waals surface area contributed by atoms with Gasteiger partial charge in [0.1, 0.15) is 30.2 Å². The average Bonchev–Trinajstić information content (AvgIpc) is 1.64. The topological polar surface area (TPSA) is 372 Å². The molecule has 0 aromatic heterocycles. The molecule has 0 spiro atoms. The number of hydrogen-bond acceptors (Lipinski definition) is 25. The number of rotatable bonds is 42. The van der Waals surface area contributed by atoms with E-state index in [1.807, 2.05) is 13.8 Å². The van der Waals surface area contributed by atoms with Gasteiger partial charge in [0.05, 0.1) is 37.6 Å². The molecule has 0 bridgehead atoms. The summed E-state index contributed by atoms with van der Waals surface area (Å²) < 4.78 is 72.5. The molecule has 7 aliphatic heterocycles. The van der Waals surface area contributed by atoms with Gasteiger partial charge in [-0.3, -0.25) is 0 Å². The quantitative estimate of drug-likeness (QED) is 0.00745. The maximum absolute atomic E-state index is 11.6. The van der Waals surface area contributed by atoms with Crippen LogP contribution in [0.4, 0.5) is 0 Å². The van der Waals surface area contributed by atoms with Gasteiger partial charge in [-0.25, -0.2) is 19.2 Å². The number of esters is 4. The fourth-order valence-electron chi connectivity index (χ4n) is 13.0. The Kier molecular flexibility index (Phi) is 54.9. The van der Waals surface area contributed by atoms with E-state index in [9.17, 15) is 34.5 Å². The van der Waals surface area contributed by atoms with Gasteiger partial charge in [-0.1, -0.05) is 137 Å². The molecular weight excluding hydrogens is 1570 g/mol. The van der Waals surface area contributed by atoms with Gasteiger partial charge in [-0.05, 0) is 273 Å². The Labute approximate surface area is 729 Å². The number of carbonyl (C=O) groups excluding carboxylic acids is 4. The predicted molar refractivity (Wildman–Crippen MR) is 476 cm³/mol. The molecule has 26 heteroatoms. The second kappa shape index (κ2) is 59.5. The highest BCUT2D eigenvalue weighted by Crippen LogP contribution is 2.36. The number of ether oxygens (including phenoxy) is 14. The molecule has 3 fully saturated rings. The third-order valence-electron chi connectivity index (χ3n) is 20.2. The third kappa shape index (κ3) is 45.5. The molecule has 8 atom stereocenters. The van der Waals surface area contributed by atoms with Gasteiger partial charge in [0.15, 0.2) is 72.6 Å². The van der Waals surface area contributed by atoms with Crippen LogP contribution in [0.5, 0.6) is 0 Å². The van der Waals surface area contributed by atoms with Crippen molar-refractivity contribution in [2.75, 3.05) is 60.8 Å². The van der Waals surface area contributed by atoms with Crippen LogP contribution < -0.4 is 0 Å². The van der Waals surface area contributed by atoms with Crippen molar-refractivity contribution in [3.63, 3.8) is 0 Å². The molecule has 0 aliphatic carbocycles. The summed E-state index contributed by atoms with van der Waals surface area (Å²) in [5, 5.41) is 63.7. The zero-order valence-electron chi connectivity index (χ0n) is 78.3. The molecule has 26 nitrogen and oxygen atoms in total. The number of hydrogen-bond donors (Lipinski definition) is 7. The molecule has 7 heterocycles. The second-order valence-corrected chi connectivity index (χ2v) is 34.2. The first-order chi connectivity index (χ1) is 56.9. The van der Waals surface area contributed by atoms with E-state index >= 15 is 0 Å². The molecule has 122 heavy (non-hydrogen) atoms. The van der Waals surface area contributed by atoms with Crippen LogP contribution >= 0.6 is 0 Å². The van der Waals surface area contributed by atoms with Crippen LogP contribution in [0.3, 0.4) is 0 Å². The van der Waals surface area contributed by atoms with Crippen LogP contribution in [0, 0.1) is 5.92 Å². The first-order valence-electron chi connectivity index (χ1n) is 43.0. The van der Waals surface area contributed by atoms with E-state index in [1.165, 1.54) is 162 Å². The summed E-state index contributed by atoms with van der Waals surface area (Å²) in [6.45, 7) is 45.5. The van der Waals surface area contributed by atoms with Crippen LogP contribution in [-0.2, 0) is 91.0 Å². The lowest BCUT2D eigenvalue weighted by molar-refractivity contribution is -0.164. The Morgan fingerprint density at radius 3 is 1.03 bits per heavy atom. The van der Waals surface area contributed by atoms with Crippen LogP contribution in [0.25, 0.3) is 0 Å².